The summed E-state index contributed by atoms with van der Waals surface area (Å²) in [6.07, 6.45) is 4.81. The number of rotatable bonds is 9. The fraction of sp³-hybridized carbons (Fsp3) is 0.261. The number of primary amides is 2. The fourth-order valence-electron chi connectivity index (χ4n) is 3.51. The molecule has 1 aliphatic heterocycles. The van der Waals surface area contributed by atoms with E-state index in [2.05, 4.69) is 5.32 Å². The zero-order valence-corrected chi connectivity index (χ0v) is 17.1. The van der Waals surface area contributed by atoms with Gasteiger partial charge in [0.2, 0.25) is 11.8 Å². The number of hydrogen-bond acceptors (Lipinski definition) is 5. The minimum absolute atomic E-state index is 0.186. The van der Waals surface area contributed by atoms with E-state index in [1.54, 1.807) is 30.3 Å². The van der Waals surface area contributed by atoms with Crippen molar-refractivity contribution in [2.45, 2.75) is 25.4 Å². The maximum absolute atomic E-state index is 12.4. The van der Waals surface area contributed by atoms with Crippen LogP contribution in [0.5, 0.6) is 5.75 Å². The molecule has 2 aromatic rings. The number of benzene rings is 2. The van der Waals surface area contributed by atoms with Gasteiger partial charge in [-0.2, -0.15) is 0 Å². The molecule has 3 amide bonds. The van der Waals surface area contributed by atoms with Gasteiger partial charge in [0.15, 0.2) is 6.61 Å². The van der Waals surface area contributed by atoms with E-state index in [-0.39, 0.29) is 24.5 Å². The second kappa shape index (κ2) is 10.4. The molecule has 1 unspecified atom stereocenters. The van der Waals surface area contributed by atoms with Gasteiger partial charge in [0, 0.05) is 18.3 Å². The SMILES string of the molecule is NC(=O)COc1ccc(/C=C/C(=O)Nc2ccccc2CN2CCCC2C(N)=O)cc1. The molecule has 0 radical (unpaired) electrons. The zero-order chi connectivity index (χ0) is 22.2. The van der Waals surface area contributed by atoms with Gasteiger partial charge in [-0.3, -0.25) is 19.3 Å². The highest BCUT2D eigenvalue weighted by atomic mass is 16.5. The average molecular weight is 422 g/mol. The molecule has 0 aliphatic carbocycles. The van der Waals surface area contributed by atoms with Gasteiger partial charge in [0.25, 0.3) is 5.91 Å². The first-order chi connectivity index (χ1) is 14.9. The number of ether oxygens (including phenoxy) is 1. The van der Waals surface area contributed by atoms with Crippen molar-refractivity contribution in [1.29, 1.82) is 0 Å². The summed E-state index contributed by atoms with van der Waals surface area (Å²) in [4.78, 5) is 36.9. The first-order valence-electron chi connectivity index (χ1n) is 10.0. The Morgan fingerprint density at radius 3 is 2.55 bits per heavy atom. The molecular formula is C23H26N4O4. The summed E-state index contributed by atoms with van der Waals surface area (Å²) in [5.41, 5.74) is 13.0. The standard InChI is InChI=1S/C23H26N4O4/c24-21(28)15-31-18-10-7-16(8-11-18)9-12-22(29)26-19-5-2-1-4-17(19)14-27-13-3-6-20(27)23(25)30/h1-2,4-5,7-12,20H,3,6,13-15H2,(H2,24,28)(H2,25,30)(H,26,29)/b12-9+. The molecule has 162 valence electrons. The quantitative estimate of drug-likeness (QED) is 0.530. The summed E-state index contributed by atoms with van der Waals surface area (Å²) < 4.78 is 5.21. The van der Waals surface area contributed by atoms with Crippen molar-refractivity contribution in [1.82, 2.24) is 4.90 Å². The number of anilines is 1. The number of amides is 3. The normalized spacial score (nSPS) is 16.3. The van der Waals surface area contributed by atoms with Crippen LogP contribution >= 0.6 is 0 Å². The largest absolute Gasteiger partial charge is 0.484 e. The topological polar surface area (TPSA) is 128 Å². The zero-order valence-electron chi connectivity index (χ0n) is 17.1. The van der Waals surface area contributed by atoms with E-state index in [1.807, 2.05) is 29.2 Å². The van der Waals surface area contributed by atoms with Crippen LogP contribution in [0.1, 0.15) is 24.0 Å². The molecule has 1 heterocycles. The maximum Gasteiger partial charge on any atom is 0.255 e. The lowest BCUT2D eigenvalue weighted by atomic mass is 10.1. The number of carbonyl (C=O) groups excluding carboxylic acids is 3. The van der Waals surface area contributed by atoms with Crippen LogP contribution in [0.15, 0.2) is 54.6 Å². The molecule has 2 aromatic carbocycles. The molecule has 5 N–H and O–H groups in total. The third kappa shape index (κ3) is 6.42. The minimum Gasteiger partial charge on any atom is -0.484 e. The Morgan fingerprint density at radius 2 is 1.84 bits per heavy atom. The lowest BCUT2D eigenvalue weighted by Crippen LogP contribution is -2.39. The van der Waals surface area contributed by atoms with Crippen molar-refractivity contribution in [3.8, 4) is 5.75 Å². The van der Waals surface area contributed by atoms with Gasteiger partial charge < -0.3 is 21.5 Å². The molecule has 31 heavy (non-hydrogen) atoms. The monoisotopic (exact) mass is 422 g/mol. The molecule has 0 bridgehead atoms. The summed E-state index contributed by atoms with van der Waals surface area (Å²) >= 11 is 0. The van der Waals surface area contributed by atoms with Gasteiger partial charge >= 0.3 is 0 Å². The Kier molecular flexibility index (Phi) is 7.40. The highest BCUT2D eigenvalue weighted by Gasteiger charge is 2.29. The van der Waals surface area contributed by atoms with Gasteiger partial charge in [-0.05, 0) is 54.8 Å². The lowest BCUT2D eigenvalue weighted by Gasteiger charge is -2.23. The van der Waals surface area contributed by atoms with Crippen molar-refractivity contribution < 1.29 is 19.1 Å². The van der Waals surface area contributed by atoms with E-state index in [0.717, 1.165) is 30.5 Å². The Labute approximate surface area is 180 Å². The van der Waals surface area contributed by atoms with Crippen LogP contribution in [0, 0.1) is 0 Å². The van der Waals surface area contributed by atoms with E-state index >= 15 is 0 Å². The van der Waals surface area contributed by atoms with Crippen LogP contribution in [0.3, 0.4) is 0 Å². The van der Waals surface area contributed by atoms with E-state index in [1.165, 1.54) is 6.08 Å². The van der Waals surface area contributed by atoms with Crippen LogP contribution in [-0.4, -0.2) is 41.8 Å². The molecule has 0 aromatic heterocycles. The van der Waals surface area contributed by atoms with Crippen molar-refractivity contribution in [3.05, 3.63) is 65.7 Å². The van der Waals surface area contributed by atoms with E-state index in [9.17, 15) is 14.4 Å². The number of nitrogens with zero attached hydrogens (tertiary/aromatic N) is 1. The molecule has 0 saturated carbocycles. The Balaban J connectivity index is 1.60. The summed E-state index contributed by atoms with van der Waals surface area (Å²) in [6, 6.07) is 14.2. The van der Waals surface area contributed by atoms with Crippen molar-refractivity contribution >= 4 is 29.5 Å². The smallest absolute Gasteiger partial charge is 0.255 e. The minimum atomic E-state index is -0.546. The summed E-state index contributed by atoms with van der Waals surface area (Å²) in [6.45, 7) is 1.16. The lowest BCUT2D eigenvalue weighted by molar-refractivity contribution is -0.122. The second-order valence-electron chi connectivity index (χ2n) is 7.33. The molecule has 1 aliphatic rings. The van der Waals surface area contributed by atoms with Crippen LogP contribution in [0.2, 0.25) is 0 Å². The first kappa shape index (κ1) is 22.0. The highest BCUT2D eigenvalue weighted by molar-refractivity contribution is 6.02. The Bertz CT molecular complexity index is 972. The molecule has 8 nitrogen and oxygen atoms in total. The van der Waals surface area contributed by atoms with Crippen LogP contribution in [0.25, 0.3) is 6.08 Å². The van der Waals surface area contributed by atoms with Gasteiger partial charge in [-0.1, -0.05) is 30.3 Å². The predicted octanol–water partition coefficient (Wildman–Crippen LogP) is 1.65. The summed E-state index contributed by atoms with van der Waals surface area (Å²) in [5, 5.41) is 2.90. The summed E-state index contributed by atoms with van der Waals surface area (Å²) in [5.74, 6) is -0.608. The van der Waals surface area contributed by atoms with E-state index in [0.29, 0.717) is 18.0 Å². The number of nitrogens with two attached hydrogens (primary N) is 2. The van der Waals surface area contributed by atoms with Crippen LogP contribution < -0.4 is 21.5 Å². The fourth-order valence-corrected chi connectivity index (χ4v) is 3.51. The van der Waals surface area contributed by atoms with Gasteiger partial charge in [0.1, 0.15) is 5.75 Å². The maximum atomic E-state index is 12.4. The molecule has 3 rings (SSSR count). The predicted molar refractivity (Wildman–Crippen MR) is 118 cm³/mol. The van der Waals surface area contributed by atoms with Crippen LogP contribution in [-0.2, 0) is 20.9 Å². The Hall–Kier alpha value is -3.65. The molecule has 8 heteroatoms. The molecular weight excluding hydrogens is 396 g/mol. The highest BCUT2D eigenvalue weighted by Crippen LogP contribution is 2.24. The third-order valence-electron chi connectivity index (χ3n) is 5.03. The number of para-hydroxylation sites is 1. The first-order valence-corrected chi connectivity index (χ1v) is 10.0. The van der Waals surface area contributed by atoms with Crippen molar-refractivity contribution in [3.63, 3.8) is 0 Å². The molecule has 1 atom stereocenters. The number of nitrogens with one attached hydrogen (secondary N) is 1. The third-order valence-corrected chi connectivity index (χ3v) is 5.03. The van der Waals surface area contributed by atoms with Crippen molar-refractivity contribution in [2.75, 3.05) is 18.5 Å². The Morgan fingerprint density at radius 1 is 1.10 bits per heavy atom. The van der Waals surface area contributed by atoms with E-state index in [4.69, 9.17) is 16.2 Å². The van der Waals surface area contributed by atoms with E-state index < -0.39 is 5.91 Å². The van der Waals surface area contributed by atoms with Gasteiger partial charge in [-0.25, -0.2) is 0 Å². The van der Waals surface area contributed by atoms with Crippen LogP contribution in [0.4, 0.5) is 5.69 Å². The number of carbonyl (C=O) groups is 3. The van der Waals surface area contributed by atoms with Gasteiger partial charge in [-0.15, -0.1) is 0 Å². The van der Waals surface area contributed by atoms with Crippen molar-refractivity contribution in [2.24, 2.45) is 11.5 Å². The summed E-state index contributed by atoms with van der Waals surface area (Å²) in [7, 11) is 0. The number of hydrogen-bond donors (Lipinski definition) is 3. The molecule has 1 fully saturated rings. The molecule has 0 spiro atoms. The molecule has 1 saturated heterocycles. The number of likely N-dealkylation sites (tertiary alicyclic amines) is 1. The van der Waals surface area contributed by atoms with Gasteiger partial charge in [0.05, 0.1) is 6.04 Å². The average Bonchev–Trinajstić information content (AvgIpc) is 3.21. The second-order valence-corrected chi connectivity index (χ2v) is 7.33.